The fraction of sp³-hybridized carbons (Fsp3) is 0.520. The van der Waals surface area contributed by atoms with Gasteiger partial charge in [0, 0.05) is 38.8 Å². The van der Waals surface area contributed by atoms with Gasteiger partial charge in [-0.3, -0.25) is 9.89 Å². The highest BCUT2D eigenvalue weighted by molar-refractivity contribution is 5.88. The van der Waals surface area contributed by atoms with Crippen molar-refractivity contribution in [2.24, 2.45) is 0 Å². The van der Waals surface area contributed by atoms with Crippen molar-refractivity contribution in [3.8, 4) is 0 Å². The second-order valence-corrected chi connectivity index (χ2v) is 9.30. The topological polar surface area (TPSA) is 161 Å². The Morgan fingerprint density at radius 2 is 2.08 bits per heavy atom. The normalized spacial score (nSPS) is 13.7. The quantitative estimate of drug-likeness (QED) is 0.203. The fourth-order valence-corrected chi connectivity index (χ4v) is 4.49. The van der Waals surface area contributed by atoms with Crippen LogP contribution in [0.2, 0.25) is 0 Å². The Bertz CT molecular complexity index is 1200. The number of unbranched alkanes of at least 4 members (excludes halogenated alkanes) is 1. The van der Waals surface area contributed by atoms with E-state index >= 15 is 0 Å². The Morgan fingerprint density at radius 3 is 2.92 bits per heavy atom. The van der Waals surface area contributed by atoms with Gasteiger partial charge in [0.05, 0.1) is 11.6 Å². The van der Waals surface area contributed by atoms with Crippen molar-refractivity contribution < 1.29 is 14.7 Å². The SMILES string of the molecule is CC(=O)NCCN(CCCCc1ccc2c(n1)NCCC2)CCC(Nc1ncnc2[nH]ncc12)C(=O)O. The summed E-state index contributed by atoms with van der Waals surface area (Å²) < 4.78 is 0. The number of carboxylic acids is 1. The van der Waals surface area contributed by atoms with Crippen LogP contribution < -0.4 is 16.0 Å². The summed E-state index contributed by atoms with van der Waals surface area (Å²) in [6.07, 6.45) is 8.35. The lowest BCUT2D eigenvalue weighted by Gasteiger charge is -2.24. The van der Waals surface area contributed by atoms with Crippen molar-refractivity contribution in [2.45, 2.75) is 51.5 Å². The van der Waals surface area contributed by atoms with Crippen LogP contribution in [0.3, 0.4) is 0 Å². The summed E-state index contributed by atoms with van der Waals surface area (Å²) in [6.45, 7) is 4.99. The average molecular weight is 510 g/mol. The third-order valence-electron chi connectivity index (χ3n) is 6.50. The Morgan fingerprint density at radius 1 is 1.19 bits per heavy atom. The number of aryl methyl sites for hydroxylation is 2. The summed E-state index contributed by atoms with van der Waals surface area (Å²) in [4.78, 5) is 38.6. The van der Waals surface area contributed by atoms with Crippen molar-refractivity contribution in [2.75, 3.05) is 43.4 Å². The molecule has 4 heterocycles. The molecule has 37 heavy (non-hydrogen) atoms. The molecular weight excluding hydrogens is 474 g/mol. The number of rotatable bonds is 14. The molecule has 1 aliphatic rings. The summed E-state index contributed by atoms with van der Waals surface area (Å²) in [7, 11) is 0. The first kappa shape index (κ1) is 26.3. The number of aliphatic carboxylic acids is 1. The molecule has 0 aliphatic carbocycles. The van der Waals surface area contributed by atoms with Gasteiger partial charge in [-0.05, 0) is 56.7 Å². The van der Waals surface area contributed by atoms with E-state index in [1.807, 2.05) is 0 Å². The first-order valence-corrected chi connectivity index (χ1v) is 12.8. The van der Waals surface area contributed by atoms with Gasteiger partial charge >= 0.3 is 5.97 Å². The van der Waals surface area contributed by atoms with Crippen LogP contribution in [0.1, 0.15) is 43.9 Å². The number of nitrogens with zero attached hydrogens (tertiary/aromatic N) is 5. The highest BCUT2D eigenvalue weighted by atomic mass is 16.4. The minimum atomic E-state index is -0.954. The van der Waals surface area contributed by atoms with Gasteiger partial charge in [0.2, 0.25) is 5.91 Å². The van der Waals surface area contributed by atoms with Gasteiger partial charge in [-0.15, -0.1) is 0 Å². The molecule has 0 aromatic carbocycles. The maximum Gasteiger partial charge on any atom is 0.326 e. The molecule has 12 nitrogen and oxygen atoms in total. The third kappa shape index (κ3) is 7.59. The van der Waals surface area contributed by atoms with Crippen LogP contribution in [0.15, 0.2) is 24.7 Å². The van der Waals surface area contributed by atoms with Crippen molar-refractivity contribution in [3.05, 3.63) is 35.9 Å². The lowest BCUT2D eigenvalue weighted by atomic mass is 10.1. The fourth-order valence-electron chi connectivity index (χ4n) is 4.49. The van der Waals surface area contributed by atoms with E-state index in [0.29, 0.717) is 42.9 Å². The number of aromatic nitrogens is 5. The number of pyridine rings is 1. The van der Waals surface area contributed by atoms with Gasteiger partial charge in [0.15, 0.2) is 5.65 Å². The maximum absolute atomic E-state index is 12.0. The van der Waals surface area contributed by atoms with Crippen LogP contribution in [-0.4, -0.2) is 85.8 Å². The molecule has 198 valence electrons. The Kier molecular flexibility index (Phi) is 9.19. The van der Waals surface area contributed by atoms with Crippen LogP contribution in [-0.2, 0) is 22.4 Å². The van der Waals surface area contributed by atoms with E-state index in [2.05, 4.69) is 53.1 Å². The van der Waals surface area contributed by atoms with E-state index in [0.717, 1.165) is 56.7 Å². The summed E-state index contributed by atoms with van der Waals surface area (Å²) in [5.74, 6) is 0.418. The standard InChI is InChI=1S/C25H35N9O3/c1-17(35)26-11-14-34(12-3-2-6-19-8-7-18-5-4-10-27-22(18)31-19)13-9-21(25(36)37)32-23-20-15-30-33-24(20)29-16-28-23/h7-8,15-16,21H,2-6,9-14H2,1H3,(H,26,35)(H,27,31)(H,36,37)(H2,28,29,30,32,33). The molecule has 0 radical (unpaired) electrons. The Hall–Kier alpha value is -3.80. The van der Waals surface area contributed by atoms with Gasteiger partial charge in [0.25, 0.3) is 0 Å². The molecule has 0 spiro atoms. The molecule has 1 unspecified atom stereocenters. The van der Waals surface area contributed by atoms with Crippen LogP contribution in [0, 0.1) is 0 Å². The maximum atomic E-state index is 12.0. The zero-order valence-corrected chi connectivity index (χ0v) is 21.2. The molecule has 3 aromatic rings. The second-order valence-electron chi connectivity index (χ2n) is 9.30. The molecule has 12 heteroatoms. The summed E-state index contributed by atoms with van der Waals surface area (Å²) in [5.41, 5.74) is 2.92. The van der Waals surface area contributed by atoms with Crippen LogP contribution in [0.25, 0.3) is 11.0 Å². The van der Waals surface area contributed by atoms with E-state index in [-0.39, 0.29) is 5.91 Å². The number of carbonyl (C=O) groups is 2. The minimum Gasteiger partial charge on any atom is -0.480 e. The lowest BCUT2D eigenvalue weighted by molar-refractivity contribution is -0.138. The van der Waals surface area contributed by atoms with Gasteiger partial charge in [0.1, 0.15) is 24.0 Å². The number of fused-ring (bicyclic) bond motifs is 2. The number of hydrogen-bond acceptors (Lipinski definition) is 9. The number of H-pyrrole nitrogens is 1. The van der Waals surface area contributed by atoms with Crippen LogP contribution in [0.5, 0.6) is 0 Å². The van der Waals surface area contributed by atoms with E-state index < -0.39 is 12.0 Å². The molecule has 5 N–H and O–H groups in total. The largest absolute Gasteiger partial charge is 0.480 e. The Labute approximate surface area is 215 Å². The number of aromatic amines is 1. The lowest BCUT2D eigenvalue weighted by Crippen LogP contribution is -2.39. The van der Waals surface area contributed by atoms with Crippen molar-refractivity contribution in [3.63, 3.8) is 0 Å². The first-order chi connectivity index (χ1) is 18.0. The smallest absolute Gasteiger partial charge is 0.326 e. The summed E-state index contributed by atoms with van der Waals surface area (Å²) in [5, 5.41) is 26.4. The van der Waals surface area contributed by atoms with Gasteiger partial charge in [-0.1, -0.05) is 6.07 Å². The number of hydrogen-bond donors (Lipinski definition) is 5. The molecule has 0 saturated heterocycles. The molecule has 0 fully saturated rings. The molecule has 1 atom stereocenters. The molecule has 0 saturated carbocycles. The van der Waals surface area contributed by atoms with Crippen molar-refractivity contribution >= 4 is 34.5 Å². The molecule has 4 rings (SSSR count). The van der Waals surface area contributed by atoms with Gasteiger partial charge in [-0.2, -0.15) is 5.10 Å². The molecular formula is C25H35N9O3. The highest BCUT2D eigenvalue weighted by Crippen LogP contribution is 2.21. The summed E-state index contributed by atoms with van der Waals surface area (Å²) in [6, 6.07) is 3.47. The molecule has 1 amide bonds. The predicted molar refractivity (Wildman–Crippen MR) is 140 cm³/mol. The van der Waals surface area contributed by atoms with E-state index in [1.54, 1.807) is 6.20 Å². The number of anilines is 2. The van der Waals surface area contributed by atoms with Gasteiger partial charge in [-0.25, -0.2) is 19.7 Å². The zero-order chi connectivity index (χ0) is 26.0. The van der Waals surface area contributed by atoms with E-state index in [1.165, 1.54) is 18.8 Å². The van der Waals surface area contributed by atoms with Crippen LogP contribution in [0.4, 0.5) is 11.6 Å². The third-order valence-corrected chi connectivity index (χ3v) is 6.50. The number of amides is 1. The molecule has 1 aliphatic heterocycles. The monoisotopic (exact) mass is 509 g/mol. The minimum absolute atomic E-state index is 0.0787. The second kappa shape index (κ2) is 12.9. The van der Waals surface area contributed by atoms with Crippen LogP contribution >= 0.6 is 0 Å². The Balaban J connectivity index is 1.30. The van der Waals surface area contributed by atoms with Gasteiger partial charge < -0.3 is 26.0 Å². The van der Waals surface area contributed by atoms with Crippen molar-refractivity contribution in [1.29, 1.82) is 0 Å². The van der Waals surface area contributed by atoms with Crippen molar-refractivity contribution in [1.82, 2.24) is 35.4 Å². The number of carbonyl (C=O) groups excluding carboxylic acids is 1. The first-order valence-electron chi connectivity index (χ1n) is 12.8. The summed E-state index contributed by atoms with van der Waals surface area (Å²) >= 11 is 0. The number of nitrogens with one attached hydrogen (secondary N) is 4. The highest BCUT2D eigenvalue weighted by Gasteiger charge is 2.21. The molecule has 0 bridgehead atoms. The average Bonchev–Trinajstić information content (AvgIpc) is 3.38. The predicted octanol–water partition coefficient (Wildman–Crippen LogP) is 1.82. The molecule has 3 aromatic heterocycles. The zero-order valence-electron chi connectivity index (χ0n) is 21.2. The van der Waals surface area contributed by atoms with E-state index in [9.17, 15) is 14.7 Å². The van der Waals surface area contributed by atoms with E-state index in [4.69, 9.17) is 4.98 Å². The number of carboxylic acid groups (broad SMARTS) is 1.